The van der Waals surface area contributed by atoms with Gasteiger partial charge in [-0.05, 0) is 13.8 Å². The molecule has 0 rings (SSSR count). The average molecular weight is 277 g/mol. The van der Waals surface area contributed by atoms with Crippen molar-refractivity contribution in [3.05, 3.63) is 12.7 Å². The Balaban J connectivity index is 3.17. The van der Waals surface area contributed by atoms with Gasteiger partial charge in [-0.25, -0.2) is 0 Å². The molecule has 0 spiro atoms. The first-order valence-corrected chi connectivity index (χ1v) is 7.59. The molecule has 108 valence electrons. The molecule has 1 unspecified atom stereocenters. The number of hydrogen-bond acceptors (Lipinski definition) is 5. The molecule has 5 heteroatoms. The minimum Gasteiger partial charge on any atom is -0.389 e. The first-order chi connectivity index (χ1) is 8.66. The van der Waals surface area contributed by atoms with Crippen LogP contribution < -0.4 is 5.32 Å². The summed E-state index contributed by atoms with van der Waals surface area (Å²) in [5, 5.41) is 12.8. The topological polar surface area (TPSA) is 50.7 Å². The van der Waals surface area contributed by atoms with Crippen LogP contribution in [0.25, 0.3) is 0 Å². The number of hydrogen-bond donors (Lipinski definition) is 2. The molecule has 0 aliphatic carbocycles. The minimum absolute atomic E-state index is 0.230. The van der Waals surface area contributed by atoms with Crippen molar-refractivity contribution in [2.75, 3.05) is 44.4 Å². The summed E-state index contributed by atoms with van der Waals surface area (Å²) in [7, 11) is 0. The van der Waals surface area contributed by atoms with Gasteiger partial charge in [0, 0.05) is 24.6 Å². The lowest BCUT2D eigenvalue weighted by Crippen LogP contribution is -2.32. The van der Waals surface area contributed by atoms with Crippen LogP contribution in [0, 0.1) is 0 Å². The summed E-state index contributed by atoms with van der Waals surface area (Å²) in [5.41, 5.74) is 0. The van der Waals surface area contributed by atoms with Crippen LogP contribution in [-0.2, 0) is 9.47 Å². The van der Waals surface area contributed by atoms with E-state index in [0.717, 1.165) is 18.1 Å². The maximum atomic E-state index is 9.61. The number of rotatable bonds is 13. The third kappa shape index (κ3) is 14.0. The Morgan fingerprint density at radius 3 is 2.83 bits per heavy atom. The van der Waals surface area contributed by atoms with Crippen LogP contribution in [0.5, 0.6) is 0 Å². The van der Waals surface area contributed by atoms with Gasteiger partial charge >= 0.3 is 0 Å². The zero-order valence-corrected chi connectivity index (χ0v) is 12.4. The molecule has 0 saturated heterocycles. The van der Waals surface area contributed by atoms with Crippen LogP contribution >= 0.6 is 11.8 Å². The molecule has 0 heterocycles. The molecule has 1 atom stereocenters. The minimum atomic E-state index is -0.451. The highest BCUT2D eigenvalue weighted by Crippen LogP contribution is 1.97. The van der Waals surface area contributed by atoms with Crippen LogP contribution in [0.3, 0.4) is 0 Å². The number of aliphatic hydroxyl groups is 1. The monoisotopic (exact) mass is 277 g/mol. The van der Waals surface area contributed by atoms with E-state index < -0.39 is 6.10 Å². The highest BCUT2D eigenvalue weighted by Gasteiger charge is 2.03. The van der Waals surface area contributed by atoms with Crippen LogP contribution in [0.15, 0.2) is 12.7 Å². The molecule has 0 radical (unpaired) electrons. The predicted molar refractivity (Wildman–Crippen MR) is 78.3 cm³/mol. The Labute approximate surface area is 115 Å². The molecular weight excluding hydrogens is 250 g/mol. The van der Waals surface area contributed by atoms with E-state index in [0.29, 0.717) is 26.4 Å². The average Bonchev–Trinajstić information content (AvgIpc) is 2.33. The Hall–Kier alpha value is -0.0700. The van der Waals surface area contributed by atoms with Crippen molar-refractivity contribution < 1.29 is 14.6 Å². The van der Waals surface area contributed by atoms with E-state index in [9.17, 15) is 5.11 Å². The van der Waals surface area contributed by atoms with Crippen molar-refractivity contribution in [2.45, 2.75) is 26.1 Å². The standard InChI is InChI=1S/C13H27NO3S/c1-4-8-18-9-5-14-10-13(15)11-16-6-7-17-12(2)3/h4,12-15H,1,5-11H2,2-3H3. The highest BCUT2D eigenvalue weighted by atomic mass is 32.2. The summed E-state index contributed by atoms with van der Waals surface area (Å²) >= 11 is 1.82. The van der Waals surface area contributed by atoms with Crippen molar-refractivity contribution in [1.82, 2.24) is 5.32 Å². The molecule has 0 saturated carbocycles. The van der Waals surface area contributed by atoms with Crippen molar-refractivity contribution in [3.63, 3.8) is 0 Å². The van der Waals surface area contributed by atoms with Crippen molar-refractivity contribution in [3.8, 4) is 0 Å². The van der Waals surface area contributed by atoms with E-state index in [1.807, 2.05) is 31.7 Å². The van der Waals surface area contributed by atoms with Gasteiger partial charge in [-0.1, -0.05) is 6.08 Å². The largest absolute Gasteiger partial charge is 0.389 e. The summed E-state index contributed by atoms with van der Waals surface area (Å²) < 4.78 is 10.6. The molecule has 18 heavy (non-hydrogen) atoms. The summed E-state index contributed by atoms with van der Waals surface area (Å²) in [6, 6.07) is 0. The fourth-order valence-corrected chi connectivity index (χ4v) is 1.82. The van der Waals surface area contributed by atoms with E-state index in [1.54, 1.807) is 0 Å². The van der Waals surface area contributed by atoms with Gasteiger partial charge in [0.2, 0.25) is 0 Å². The second-order valence-corrected chi connectivity index (χ2v) is 5.37. The quantitative estimate of drug-likeness (QED) is 0.392. The Kier molecular flexibility index (Phi) is 13.3. The third-order valence-corrected chi connectivity index (χ3v) is 2.99. The van der Waals surface area contributed by atoms with E-state index in [-0.39, 0.29) is 6.10 Å². The van der Waals surface area contributed by atoms with Crippen molar-refractivity contribution in [2.24, 2.45) is 0 Å². The number of thioether (sulfide) groups is 1. The lowest BCUT2D eigenvalue weighted by molar-refractivity contribution is -0.00982. The van der Waals surface area contributed by atoms with Crippen LogP contribution in [0.4, 0.5) is 0 Å². The van der Waals surface area contributed by atoms with Crippen LogP contribution in [0.2, 0.25) is 0 Å². The van der Waals surface area contributed by atoms with Gasteiger partial charge in [-0.3, -0.25) is 0 Å². The maximum Gasteiger partial charge on any atom is 0.0897 e. The fraction of sp³-hybridized carbons (Fsp3) is 0.846. The van der Waals surface area contributed by atoms with E-state index in [2.05, 4.69) is 11.9 Å². The lowest BCUT2D eigenvalue weighted by atomic mass is 10.4. The normalized spacial score (nSPS) is 12.9. The molecule has 0 aliphatic rings. The van der Waals surface area contributed by atoms with Gasteiger partial charge in [-0.15, -0.1) is 6.58 Å². The molecule has 0 amide bonds. The van der Waals surface area contributed by atoms with Gasteiger partial charge in [0.05, 0.1) is 32.0 Å². The zero-order chi connectivity index (χ0) is 13.6. The van der Waals surface area contributed by atoms with Gasteiger partial charge in [0.25, 0.3) is 0 Å². The number of nitrogens with one attached hydrogen (secondary N) is 1. The molecule has 0 bridgehead atoms. The van der Waals surface area contributed by atoms with Crippen molar-refractivity contribution >= 4 is 11.8 Å². The van der Waals surface area contributed by atoms with Crippen molar-refractivity contribution in [1.29, 1.82) is 0 Å². The summed E-state index contributed by atoms with van der Waals surface area (Å²) in [5.74, 6) is 2.00. The molecule has 0 fully saturated rings. The second kappa shape index (κ2) is 13.4. The van der Waals surface area contributed by atoms with Gasteiger partial charge in [0.1, 0.15) is 0 Å². The van der Waals surface area contributed by atoms with Crippen LogP contribution in [-0.4, -0.2) is 61.7 Å². The summed E-state index contributed by atoms with van der Waals surface area (Å²) in [4.78, 5) is 0. The third-order valence-electron chi connectivity index (χ3n) is 2.03. The second-order valence-electron chi connectivity index (χ2n) is 4.22. The molecule has 2 N–H and O–H groups in total. The molecule has 0 aromatic rings. The first kappa shape index (κ1) is 17.9. The van der Waals surface area contributed by atoms with Gasteiger partial charge in [-0.2, -0.15) is 11.8 Å². The highest BCUT2D eigenvalue weighted by molar-refractivity contribution is 7.99. The number of ether oxygens (including phenoxy) is 2. The summed E-state index contributed by atoms with van der Waals surface area (Å²) in [6.07, 6.45) is 1.67. The van der Waals surface area contributed by atoms with E-state index in [1.165, 1.54) is 0 Å². The molecule has 0 aliphatic heterocycles. The lowest BCUT2D eigenvalue weighted by Gasteiger charge is -2.13. The fourth-order valence-electron chi connectivity index (χ4n) is 1.20. The molecule has 4 nitrogen and oxygen atoms in total. The smallest absolute Gasteiger partial charge is 0.0897 e. The Morgan fingerprint density at radius 1 is 1.39 bits per heavy atom. The summed E-state index contributed by atoms with van der Waals surface area (Å²) in [6.45, 7) is 10.6. The molecule has 0 aromatic carbocycles. The van der Waals surface area contributed by atoms with E-state index >= 15 is 0 Å². The molecular formula is C13H27NO3S. The number of aliphatic hydroxyl groups excluding tert-OH is 1. The SMILES string of the molecule is C=CCSCCNCC(O)COCCOC(C)C. The molecule has 0 aromatic heterocycles. The predicted octanol–water partition coefficient (Wildman–Crippen LogP) is 1.30. The first-order valence-electron chi connectivity index (χ1n) is 6.43. The van der Waals surface area contributed by atoms with Gasteiger partial charge < -0.3 is 19.9 Å². The Morgan fingerprint density at radius 2 is 2.17 bits per heavy atom. The van der Waals surface area contributed by atoms with E-state index in [4.69, 9.17) is 9.47 Å². The van der Waals surface area contributed by atoms with Gasteiger partial charge in [0.15, 0.2) is 0 Å². The Bertz CT molecular complexity index is 191. The maximum absolute atomic E-state index is 9.61. The zero-order valence-electron chi connectivity index (χ0n) is 11.6. The van der Waals surface area contributed by atoms with Crippen LogP contribution in [0.1, 0.15) is 13.8 Å².